The van der Waals surface area contributed by atoms with Crippen LogP contribution in [0, 0.1) is 0 Å². The van der Waals surface area contributed by atoms with Gasteiger partial charge < -0.3 is 5.43 Å². The molecule has 0 amide bonds. The number of nitrogens with zero attached hydrogens (tertiary/aromatic N) is 1. The van der Waals surface area contributed by atoms with E-state index in [1.165, 1.54) is 0 Å². The molecule has 0 heterocycles. The minimum Gasteiger partial charge on any atom is -0.305 e. The van der Waals surface area contributed by atoms with E-state index < -0.39 is 0 Å². The van der Waals surface area contributed by atoms with Crippen molar-refractivity contribution in [3.8, 4) is 0 Å². The minimum atomic E-state index is 0.0892. The Hall–Kier alpha value is -0.790. The highest BCUT2D eigenvalue weighted by Crippen LogP contribution is 2.05. The van der Waals surface area contributed by atoms with Crippen molar-refractivity contribution in [2.24, 2.45) is 5.10 Å². The molecule has 0 spiro atoms. The zero-order valence-corrected chi connectivity index (χ0v) is 7.94. The number of hydrogen-bond donors (Lipinski definition) is 1. The first-order chi connectivity index (χ1) is 4.98. The van der Waals surface area contributed by atoms with E-state index in [2.05, 4.69) is 37.9 Å². The molecule has 0 aliphatic carbocycles. The molecule has 0 unspecified atom stereocenters. The van der Waals surface area contributed by atoms with E-state index in [0.29, 0.717) is 0 Å². The summed E-state index contributed by atoms with van der Waals surface area (Å²) in [6.07, 6.45) is 2.79. The summed E-state index contributed by atoms with van der Waals surface area (Å²) in [6.45, 7) is 12.0. The molecule has 0 bridgehead atoms. The van der Waals surface area contributed by atoms with E-state index in [9.17, 15) is 0 Å². The molecular weight excluding hydrogens is 136 g/mol. The van der Waals surface area contributed by atoms with Crippen molar-refractivity contribution in [2.45, 2.75) is 39.7 Å². The lowest BCUT2D eigenvalue weighted by molar-refractivity contribution is 0.388. The molecule has 2 nitrogen and oxygen atoms in total. The lowest BCUT2D eigenvalue weighted by Gasteiger charge is -2.21. The van der Waals surface area contributed by atoms with Crippen LogP contribution in [-0.4, -0.2) is 11.8 Å². The molecule has 1 N–H and O–H groups in total. The van der Waals surface area contributed by atoms with Crippen LogP contribution in [0.5, 0.6) is 0 Å². The second-order valence-corrected chi connectivity index (χ2v) is 3.45. The number of nitrogens with one attached hydrogen (secondary N) is 1. The van der Waals surface area contributed by atoms with Crippen LogP contribution >= 0.6 is 0 Å². The molecule has 0 atom stereocenters. The van der Waals surface area contributed by atoms with Gasteiger partial charge in [0, 0.05) is 11.8 Å². The standard InChI is InChI=1S/C9H18N2/c1-6-9(4,5)11-10-7-8(2)3/h7,11H,2,6H2,1,3-5H3. The van der Waals surface area contributed by atoms with E-state index in [4.69, 9.17) is 0 Å². The maximum Gasteiger partial charge on any atom is 0.0491 e. The van der Waals surface area contributed by atoms with E-state index in [-0.39, 0.29) is 5.54 Å². The first kappa shape index (κ1) is 10.2. The summed E-state index contributed by atoms with van der Waals surface area (Å²) < 4.78 is 0. The van der Waals surface area contributed by atoms with Crippen molar-refractivity contribution >= 4 is 6.21 Å². The average molecular weight is 154 g/mol. The van der Waals surface area contributed by atoms with E-state index in [1.54, 1.807) is 6.21 Å². The molecule has 2 heteroatoms. The molecule has 0 fully saturated rings. The number of rotatable bonds is 4. The molecule has 0 aromatic heterocycles. The number of hydrogen-bond acceptors (Lipinski definition) is 2. The van der Waals surface area contributed by atoms with Crippen LogP contribution < -0.4 is 5.43 Å². The van der Waals surface area contributed by atoms with E-state index in [1.807, 2.05) is 6.92 Å². The normalized spacial score (nSPS) is 12.0. The van der Waals surface area contributed by atoms with Gasteiger partial charge in [0.2, 0.25) is 0 Å². The van der Waals surface area contributed by atoms with E-state index >= 15 is 0 Å². The summed E-state index contributed by atoms with van der Waals surface area (Å²) in [4.78, 5) is 0. The van der Waals surface area contributed by atoms with E-state index in [0.717, 1.165) is 12.0 Å². The average Bonchev–Trinajstić information content (AvgIpc) is 1.87. The molecule has 0 aliphatic rings. The Balaban J connectivity index is 3.78. The Labute approximate surface area is 69.4 Å². The Bertz CT molecular complexity index is 157. The maximum atomic E-state index is 4.04. The maximum absolute atomic E-state index is 4.04. The molecular formula is C9H18N2. The second kappa shape index (κ2) is 4.16. The summed E-state index contributed by atoms with van der Waals surface area (Å²) in [5, 5.41) is 4.04. The van der Waals surface area contributed by atoms with Gasteiger partial charge in [0.1, 0.15) is 0 Å². The van der Waals surface area contributed by atoms with Crippen molar-refractivity contribution in [1.82, 2.24) is 5.43 Å². The molecule has 0 saturated heterocycles. The third-order valence-electron chi connectivity index (χ3n) is 1.54. The first-order valence-electron chi connectivity index (χ1n) is 3.93. The summed E-state index contributed by atoms with van der Waals surface area (Å²) >= 11 is 0. The van der Waals surface area contributed by atoms with Gasteiger partial charge in [-0.05, 0) is 32.8 Å². The van der Waals surface area contributed by atoms with Gasteiger partial charge in [-0.2, -0.15) is 5.10 Å². The van der Waals surface area contributed by atoms with Crippen LogP contribution in [0.3, 0.4) is 0 Å². The van der Waals surface area contributed by atoms with Gasteiger partial charge in [-0.25, -0.2) is 0 Å². The van der Waals surface area contributed by atoms with Gasteiger partial charge in [-0.15, -0.1) is 0 Å². The van der Waals surface area contributed by atoms with Gasteiger partial charge in [0.15, 0.2) is 0 Å². The lowest BCUT2D eigenvalue weighted by Crippen LogP contribution is -2.34. The van der Waals surface area contributed by atoms with Crippen molar-refractivity contribution in [1.29, 1.82) is 0 Å². The summed E-state index contributed by atoms with van der Waals surface area (Å²) in [5.41, 5.74) is 4.10. The predicted octanol–water partition coefficient (Wildman–Crippen LogP) is 2.33. The van der Waals surface area contributed by atoms with Crippen LogP contribution in [0.2, 0.25) is 0 Å². The quantitative estimate of drug-likeness (QED) is 0.488. The highest BCUT2D eigenvalue weighted by Gasteiger charge is 2.11. The third-order valence-corrected chi connectivity index (χ3v) is 1.54. The number of hydrazone groups is 1. The Morgan fingerprint density at radius 1 is 1.64 bits per heavy atom. The van der Waals surface area contributed by atoms with Crippen molar-refractivity contribution in [2.75, 3.05) is 0 Å². The second-order valence-electron chi connectivity index (χ2n) is 3.45. The van der Waals surface area contributed by atoms with Gasteiger partial charge in [-0.3, -0.25) is 0 Å². The fourth-order valence-electron chi connectivity index (χ4n) is 0.396. The fraction of sp³-hybridized carbons (Fsp3) is 0.667. The van der Waals surface area contributed by atoms with Crippen LogP contribution in [0.1, 0.15) is 34.1 Å². The SMILES string of the molecule is C=C(C)C=NNC(C)(C)CC. The van der Waals surface area contributed by atoms with Crippen LogP contribution in [0.4, 0.5) is 0 Å². The topological polar surface area (TPSA) is 24.4 Å². The van der Waals surface area contributed by atoms with Crippen molar-refractivity contribution < 1.29 is 0 Å². The molecule has 0 radical (unpaired) electrons. The van der Waals surface area contributed by atoms with Gasteiger partial charge in [0.25, 0.3) is 0 Å². The molecule has 0 aromatic rings. The van der Waals surface area contributed by atoms with Crippen molar-refractivity contribution in [3.05, 3.63) is 12.2 Å². The summed E-state index contributed by atoms with van der Waals surface area (Å²) in [7, 11) is 0. The molecule has 64 valence electrons. The first-order valence-corrected chi connectivity index (χ1v) is 3.93. The Morgan fingerprint density at radius 3 is 2.55 bits per heavy atom. The predicted molar refractivity (Wildman–Crippen MR) is 50.8 cm³/mol. The monoisotopic (exact) mass is 154 g/mol. The highest BCUT2D eigenvalue weighted by molar-refractivity contribution is 5.76. The van der Waals surface area contributed by atoms with Gasteiger partial charge in [0.05, 0.1) is 0 Å². The third kappa shape index (κ3) is 5.64. The van der Waals surface area contributed by atoms with Crippen LogP contribution in [0.25, 0.3) is 0 Å². The largest absolute Gasteiger partial charge is 0.305 e. The van der Waals surface area contributed by atoms with Crippen LogP contribution in [-0.2, 0) is 0 Å². The molecule has 0 rings (SSSR count). The smallest absolute Gasteiger partial charge is 0.0491 e. The molecule has 0 aromatic carbocycles. The zero-order chi connectivity index (χ0) is 8.91. The van der Waals surface area contributed by atoms with Crippen molar-refractivity contribution in [3.63, 3.8) is 0 Å². The Morgan fingerprint density at radius 2 is 2.18 bits per heavy atom. The fourth-order valence-corrected chi connectivity index (χ4v) is 0.396. The highest BCUT2D eigenvalue weighted by atomic mass is 15.3. The molecule has 11 heavy (non-hydrogen) atoms. The summed E-state index contributed by atoms with van der Waals surface area (Å²) in [6, 6.07) is 0. The molecule has 0 aliphatic heterocycles. The number of allylic oxidation sites excluding steroid dienone is 1. The lowest BCUT2D eigenvalue weighted by atomic mass is 10.0. The van der Waals surface area contributed by atoms with Crippen LogP contribution in [0.15, 0.2) is 17.3 Å². The van der Waals surface area contributed by atoms with Gasteiger partial charge >= 0.3 is 0 Å². The summed E-state index contributed by atoms with van der Waals surface area (Å²) in [5.74, 6) is 0. The zero-order valence-electron chi connectivity index (χ0n) is 7.94. The Kier molecular flexibility index (Phi) is 3.86. The minimum absolute atomic E-state index is 0.0892. The van der Waals surface area contributed by atoms with Gasteiger partial charge in [-0.1, -0.05) is 13.5 Å². The molecule has 0 saturated carbocycles.